The zero-order valence-corrected chi connectivity index (χ0v) is 31.3. The van der Waals surface area contributed by atoms with E-state index in [-0.39, 0.29) is 0 Å². The van der Waals surface area contributed by atoms with Gasteiger partial charge in [0.05, 0.1) is 28.5 Å². The number of phenols is 12. The third-order valence-corrected chi connectivity index (χ3v) is 11.4. The molecule has 15 N–H and O–H groups in total. The number of carboxylic acid groups (broad SMARTS) is 1. The van der Waals surface area contributed by atoms with Crippen molar-refractivity contribution in [3.8, 4) is 91.2 Å². The minimum absolute atomic E-state index is 0.317. The lowest BCUT2D eigenvalue weighted by Gasteiger charge is -2.41. The van der Waals surface area contributed by atoms with Crippen LogP contribution in [0.4, 0.5) is 0 Å². The Kier molecular flexibility index (Phi) is 9.37. The van der Waals surface area contributed by atoms with Crippen molar-refractivity contribution in [3.63, 3.8) is 0 Å². The van der Waals surface area contributed by atoms with E-state index in [2.05, 4.69) is 0 Å². The highest BCUT2D eigenvalue weighted by Crippen LogP contribution is 2.61. The molecule has 25 nitrogen and oxygen atoms in total. The Balaban J connectivity index is 1.43. The van der Waals surface area contributed by atoms with Crippen LogP contribution in [-0.2, 0) is 28.5 Å². The van der Waals surface area contributed by atoms with Crippen LogP contribution in [0.2, 0.25) is 0 Å². The van der Waals surface area contributed by atoms with Crippen LogP contribution < -0.4 is 0 Å². The fourth-order valence-corrected chi connectivity index (χ4v) is 8.48. The number of phenolic OH excluding ortho intramolecular Hbond substituents is 12. The van der Waals surface area contributed by atoms with Crippen molar-refractivity contribution in [1.29, 1.82) is 0 Å². The molecule has 0 saturated carbocycles. The van der Waals surface area contributed by atoms with Gasteiger partial charge in [0, 0.05) is 33.4 Å². The molecular weight excluding hydrogens is 868 g/mol. The molecule has 64 heavy (non-hydrogen) atoms. The van der Waals surface area contributed by atoms with E-state index in [0.29, 0.717) is 18.2 Å². The summed E-state index contributed by atoms with van der Waals surface area (Å²) in [5, 5.41) is 164. The number of aromatic hydroxyl groups is 12. The molecule has 0 aromatic heterocycles. The maximum atomic E-state index is 14.5. The molecule has 1 fully saturated rings. The molecule has 8 unspecified atom stereocenters. The van der Waals surface area contributed by atoms with E-state index >= 15 is 0 Å². The van der Waals surface area contributed by atoms with Gasteiger partial charge in [0.15, 0.2) is 64.0 Å². The van der Waals surface area contributed by atoms with Crippen LogP contribution >= 0.6 is 0 Å². The number of carbonyl (C=O) groups excluding carboxylic acids is 5. The number of aliphatic carboxylic acids is 1. The molecule has 4 aliphatic rings. The zero-order valence-electron chi connectivity index (χ0n) is 31.3. The lowest BCUT2D eigenvalue weighted by Crippen LogP contribution is -2.59. The molecule has 4 aromatic rings. The van der Waals surface area contributed by atoms with Gasteiger partial charge in [-0.25, -0.2) is 14.4 Å². The van der Waals surface area contributed by atoms with Gasteiger partial charge in [-0.05, 0) is 18.2 Å². The van der Waals surface area contributed by atoms with Crippen LogP contribution in [0.3, 0.4) is 0 Å². The number of hydrogen-bond acceptors (Lipinski definition) is 24. The SMILES string of the molecule is O=C1OCC2OC(=O)c3cc(O)c(O)c(O)c3-c3c(O)c(O)c(O)c4c3C(=O)C3C4C(=O)OC(C(O)C(O)C2OC(=O)c2cc(O)c(O)c(O)c2-c2c1cc(O)c(O)c2O)C3C(=O)O. The smallest absolute Gasteiger partial charge is 0.339 e. The largest absolute Gasteiger partial charge is 0.504 e. The maximum Gasteiger partial charge on any atom is 0.339 e. The normalized spacial score (nSPS) is 24.9. The molecule has 1 saturated heterocycles. The van der Waals surface area contributed by atoms with Crippen LogP contribution in [-0.4, -0.2) is 149 Å². The molecule has 25 heteroatoms. The number of aliphatic hydroxyl groups excluding tert-OH is 2. The summed E-state index contributed by atoms with van der Waals surface area (Å²) in [6, 6.07) is 1.06. The average Bonchev–Trinajstić information content (AvgIpc) is 3.54. The van der Waals surface area contributed by atoms with Gasteiger partial charge in [-0.1, -0.05) is 0 Å². The highest BCUT2D eigenvalue weighted by molar-refractivity contribution is 6.18. The van der Waals surface area contributed by atoms with Gasteiger partial charge >= 0.3 is 29.8 Å². The van der Waals surface area contributed by atoms with Gasteiger partial charge in [0.1, 0.15) is 30.8 Å². The van der Waals surface area contributed by atoms with Gasteiger partial charge in [-0.3, -0.25) is 14.4 Å². The van der Waals surface area contributed by atoms with E-state index in [1.54, 1.807) is 0 Å². The number of aliphatic hydroxyl groups is 2. The van der Waals surface area contributed by atoms with E-state index in [4.69, 9.17) is 18.9 Å². The molecule has 334 valence electrons. The summed E-state index contributed by atoms with van der Waals surface area (Å²) in [4.78, 5) is 83.9. The molecule has 1 aliphatic carbocycles. The summed E-state index contributed by atoms with van der Waals surface area (Å²) in [5.74, 6) is -35.2. The number of carbonyl (C=O) groups is 6. The summed E-state index contributed by atoms with van der Waals surface area (Å²) in [6.07, 6.45) is -13.8. The lowest BCUT2D eigenvalue weighted by molar-refractivity contribution is -0.198. The third-order valence-electron chi connectivity index (χ3n) is 11.4. The molecule has 3 heterocycles. The van der Waals surface area contributed by atoms with Gasteiger partial charge in [0.2, 0.25) is 23.0 Å². The van der Waals surface area contributed by atoms with Gasteiger partial charge in [0.25, 0.3) is 0 Å². The van der Waals surface area contributed by atoms with E-state index in [1.807, 2.05) is 0 Å². The summed E-state index contributed by atoms with van der Waals surface area (Å²) in [6.45, 7) is -1.50. The second-order valence-corrected chi connectivity index (χ2v) is 14.8. The lowest BCUT2D eigenvalue weighted by atomic mass is 9.73. The minimum atomic E-state index is -2.94. The van der Waals surface area contributed by atoms with Gasteiger partial charge in [-0.15, -0.1) is 0 Å². The van der Waals surface area contributed by atoms with E-state index in [0.717, 1.165) is 0 Å². The Labute approximate surface area is 351 Å². The number of carboxylic acids is 1. The molecule has 4 aromatic carbocycles. The number of fused-ring (bicyclic) bond motifs is 8. The second kappa shape index (κ2) is 14.2. The van der Waals surface area contributed by atoms with Gasteiger partial charge in [-0.2, -0.15) is 0 Å². The Bertz CT molecular complexity index is 2850. The quantitative estimate of drug-likeness (QED) is 0.0660. The molecule has 3 bridgehead atoms. The highest BCUT2D eigenvalue weighted by atomic mass is 16.6. The first-order valence-electron chi connectivity index (χ1n) is 18.1. The van der Waals surface area contributed by atoms with E-state index in [9.17, 15) is 105 Å². The number of benzene rings is 4. The topological polar surface area (TPSA) is 443 Å². The van der Waals surface area contributed by atoms with Crippen molar-refractivity contribution in [3.05, 3.63) is 46.0 Å². The predicted octanol–water partition coefficient (Wildman–Crippen LogP) is -0.333. The van der Waals surface area contributed by atoms with Crippen LogP contribution in [0.5, 0.6) is 69.0 Å². The molecule has 8 atom stereocenters. The number of cyclic esters (lactones) is 1. The average molecular weight is 897 g/mol. The van der Waals surface area contributed by atoms with Crippen LogP contribution in [0.1, 0.15) is 52.9 Å². The van der Waals surface area contributed by atoms with Gasteiger partial charge < -0.3 is 95.5 Å². The Morgan fingerprint density at radius 3 is 1.44 bits per heavy atom. The molecule has 3 aliphatic heterocycles. The molecule has 0 radical (unpaired) electrons. The van der Waals surface area contributed by atoms with Crippen molar-refractivity contribution >= 4 is 35.6 Å². The fourth-order valence-electron chi connectivity index (χ4n) is 8.48. The standard InChI is InChI=1S/C39H28O25/c40-8-1-5-12(25(47)21(8)43)13-6(2-9(41)22(44)26(13)48)38(59)63-33-11(4-61-36(5)57)62-37(58)7-3-10(42)23(45)27(49)14(7)15-16-17(29(51)30(52)28(15)50)19-18(24(16)46)20(35(55)56)34(64-39(19)60)32(54)31(33)53/h1-3,11,18-20,31-34,40-45,47-54H,4H2,(H,55,56). The fraction of sp³-hybridized carbons (Fsp3) is 0.231. The number of ketones is 1. The second-order valence-electron chi connectivity index (χ2n) is 14.8. The Morgan fingerprint density at radius 1 is 0.500 bits per heavy atom. The first kappa shape index (κ1) is 42.1. The maximum absolute atomic E-state index is 14.5. The first-order valence-corrected chi connectivity index (χ1v) is 18.1. The summed E-state index contributed by atoms with van der Waals surface area (Å²) in [5.41, 5.74) is -10.2. The predicted molar refractivity (Wildman–Crippen MR) is 196 cm³/mol. The Morgan fingerprint density at radius 2 is 0.938 bits per heavy atom. The van der Waals surface area contributed by atoms with Crippen molar-refractivity contribution in [2.24, 2.45) is 11.8 Å². The van der Waals surface area contributed by atoms with Crippen LogP contribution in [0, 0.1) is 11.8 Å². The third kappa shape index (κ3) is 5.70. The molecule has 0 amide bonds. The van der Waals surface area contributed by atoms with E-state index in [1.165, 1.54) is 0 Å². The number of rotatable bonds is 1. The highest BCUT2D eigenvalue weighted by Gasteiger charge is 2.63. The zero-order chi connectivity index (χ0) is 46.9. The monoisotopic (exact) mass is 896 g/mol. The van der Waals surface area contributed by atoms with Crippen molar-refractivity contribution in [2.75, 3.05) is 6.61 Å². The molecule has 0 spiro atoms. The molecular formula is C39H28O25. The number of Topliss-reactive ketones (excluding diaryl/α,β-unsaturated/α-hetero) is 1. The first-order chi connectivity index (χ1) is 30.0. The van der Waals surface area contributed by atoms with E-state index < -0.39 is 210 Å². The molecule has 8 rings (SSSR count). The van der Waals surface area contributed by atoms with Crippen LogP contribution in [0.15, 0.2) is 18.2 Å². The summed E-state index contributed by atoms with van der Waals surface area (Å²) in [7, 11) is 0. The van der Waals surface area contributed by atoms with Crippen molar-refractivity contribution < 1.29 is 124 Å². The van der Waals surface area contributed by atoms with Crippen molar-refractivity contribution in [1.82, 2.24) is 0 Å². The Hall–Kier alpha value is -8.58. The van der Waals surface area contributed by atoms with Crippen molar-refractivity contribution in [2.45, 2.75) is 36.4 Å². The summed E-state index contributed by atoms with van der Waals surface area (Å²) < 4.78 is 21.4. The van der Waals surface area contributed by atoms with Crippen LogP contribution in [0.25, 0.3) is 22.3 Å². The number of hydrogen-bond donors (Lipinski definition) is 15. The summed E-state index contributed by atoms with van der Waals surface area (Å²) >= 11 is 0. The number of esters is 4. The number of ether oxygens (including phenoxy) is 4. The minimum Gasteiger partial charge on any atom is -0.504 e.